The number of amides is 1. The molecule has 1 aromatic carbocycles. The number of carbonyl (C=O) groups is 1. The van der Waals surface area contributed by atoms with Crippen LogP contribution in [0.4, 0.5) is 0 Å². The second-order valence-electron chi connectivity index (χ2n) is 5.45. The Morgan fingerprint density at radius 2 is 2.08 bits per heavy atom. The van der Waals surface area contributed by atoms with E-state index in [1.54, 1.807) is 30.4 Å². The third kappa shape index (κ3) is 3.08. The van der Waals surface area contributed by atoms with Crippen LogP contribution in [0.15, 0.2) is 54.9 Å². The lowest BCUT2D eigenvalue weighted by molar-refractivity contribution is 0.0800. The van der Waals surface area contributed by atoms with E-state index in [4.69, 9.17) is 5.26 Å². The number of hydrogen-bond acceptors (Lipinski definition) is 4. The molecule has 2 aromatic heterocycles. The maximum atomic E-state index is 12.8. The van der Waals surface area contributed by atoms with Gasteiger partial charge in [-0.2, -0.15) is 5.26 Å². The number of rotatable bonds is 4. The van der Waals surface area contributed by atoms with Crippen molar-refractivity contribution in [1.29, 1.82) is 5.26 Å². The molecule has 0 aliphatic rings. The Bertz CT molecular complexity index is 916. The van der Waals surface area contributed by atoms with Crippen molar-refractivity contribution in [3.63, 3.8) is 0 Å². The summed E-state index contributed by atoms with van der Waals surface area (Å²) in [5.41, 5.74) is 2.91. The van der Waals surface area contributed by atoms with Gasteiger partial charge in [0.1, 0.15) is 0 Å². The first-order valence-corrected chi connectivity index (χ1v) is 7.63. The van der Waals surface area contributed by atoms with Gasteiger partial charge >= 0.3 is 0 Å². The molecule has 0 aliphatic heterocycles. The normalized spacial score (nSPS) is 10.3. The monoisotopic (exact) mass is 316 g/mol. The summed E-state index contributed by atoms with van der Waals surface area (Å²) in [5, 5.41) is 9.53. The number of nitrogens with zero attached hydrogens (tertiary/aromatic N) is 4. The Morgan fingerprint density at radius 3 is 2.83 bits per heavy atom. The molecule has 0 spiro atoms. The van der Waals surface area contributed by atoms with E-state index >= 15 is 0 Å². The number of benzene rings is 1. The van der Waals surface area contributed by atoms with E-state index in [1.807, 2.05) is 36.4 Å². The van der Waals surface area contributed by atoms with Crippen molar-refractivity contribution in [2.75, 3.05) is 13.6 Å². The highest BCUT2D eigenvalue weighted by Crippen LogP contribution is 2.25. The standard InChI is InChI=1S/C19H16N4O/c1-23(11-5-9-20)19(24)16-12-18(14-6-4-10-21-13-14)22-17-8-3-2-7-15(16)17/h2-4,6-8,10,12-13H,5,11H2,1H3. The minimum Gasteiger partial charge on any atom is -0.341 e. The van der Waals surface area contributed by atoms with Gasteiger partial charge in [-0.15, -0.1) is 0 Å². The summed E-state index contributed by atoms with van der Waals surface area (Å²) in [5.74, 6) is -0.117. The van der Waals surface area contributed by atoms with Gasteiger partial charge in [0.25, 0.3) is 5.91 Å². The summed E-state index contributed by atoms with van der Waals surface area (Å²) >= 11 is 0. The van der Waals surface area contributed by atoms with Gasteiger partial charge in [0.2, 0.25) is 0 Å². The van der Waals surface area contributed by atoms with Gasteiger partial charge in [-0.3, -0.25) is 9.78 Å². The third-order valence-corrected chi connectivity index (χ3v) is 3.81. The van der Waals surface area contributed by atoms with E-state index in [-0.39, 0.29) is 5.91 Å². The second-order valence-corrected chi connectivity index (χ2v) is 5.45. The van der Waals surface area contributed by atoms with Crippen LogP contribution >= 0.6 is 0 Å². The molecule has 5 heteroatoms. The number of hydrogen-bond donors (Lipinski definition) is 0. The van der Waals surface area contributed by atoms with E-state index in [0.29, 0.717) is 24.2 Å². The predicted octanol–water partition coefficient (Wildman–Crippen LogP) is 3.28. The Morgan fingerprint density at radius 1 is 1.25 bits per heavy atom. The minimum absolute atomic E-state index is 0.117. The van der Waals surface area contributed by atoms with Crippen molar-refractivity contribution in [2.24, 2.45) is 0 Å². The molecule has 0 bridgehead atoms. The SMILES string of the molecule is CN(CCC#N)C(=O)c1cc(-c2cccnc2)nc2ccccc12. The van der Waals surface area contributed by atoms with Crippen molar-refractivity contribution in [3.8, 4) is 17.3 Å². The van der Waals surface area contributed by atoms with Gasteiger partial charge in [-0.1, -0.05) is 18.2 Å². The van der Waals surface area contributed by atoms with Gasteiger partial charge in [-0.05, 0) is 24.3 Å². The summed E-state index contributed by atoms with van der Waals surface area (Å²) < 4.78 is 0. The Kier molecular flexibility index (Phi) is 4.48. The third-order valence-electron chi connectivity index (χ3n) is 3.81. The average molecular weight is 316 g/mol. The molecule has 0 N–H and O–H groups in total. The zero-order valence-electron chi connectivity index (χ0n) is 13.3. The first kappa shape index (κ1) is 15.6. The lowest BCUT2D eigenvalue weighted by atomic mass is 10.0. The fraction of sp³-hybridized carbons (Fsp3) is 0.158. The minimum atomic E-state index is -0.117. The van der Waals surface area contributed by atoms with E-state index < -0.39 is 0 Å². The predicted molar refractivity (Wildman–Crippen MR) is 92.2 cm³/mol. The van der Waals surface area contributed by atoms with Crippen molar-refractivity contribution in [2.45, 2.75) is 6.42 Å². The second kappa shape index (κ2) is 6.88. The van der Waals surface area contributed by atoms with Crippen LogP contribution in [0.2, 0.25) is 0 Å². The highest BCUT2D eigenvalue weighted by Gasteiger charge is 2.17. The van der Waals surface area contributed by atoms with Crippen LogP contribution in [0.25, 0.3) is 22.2 Å². The Hall–Kier alpha value is -3.26. The number of para-hydroxylation sites is 1. The quantitative estimate of drug-likeness (QED) is 0.740. The van der Waals surface area contributed by atoms with Gasteiger partial charge < -0.3 is 4.90 Å². The van der Waals surface area contributed by atoms with Crippen molar-refractivity contribution in [3.05, 3.63) is 60.4 Å². The number of carbonyl (C=O) groups excluding carboxylic acids is 1. The fourth-order valence-electron chi connectivity index (χ4n) is 2.54. The van der Waals surface area contributed by atoms with Gasteiger partial charge in [0, 0.05) is 36.9 Å². The zero-order valence-corrected chi connectivity index (χ0v) is 13.3. The molecule has 1 amide bonds. The van der Waals surface area contributed by atoms with Crippen LogP contribution in [0.5, 0.6) is 0 Å². The highest BCUT2D eigenvalue weighted by atomic mass is 16.2. The molecule has 0 saturated carbocycles. The molecule has 5 nitrogen and oxygen atoms in total. The summed E-state index contributed by atoms with van der Waals surface area (Å²) in [4.78, 5) is 23.2. The fourth-order valence-corrected chi connectivity index (χ4v) is 2.54. The summed E-state index contributed by atoms with van der Waals surface area (Å²) in [6, 6.07) is 15.2. The molecule has 0 radical (unpaired) electrons. The number of pyridine rings is 2. The molecule has 118 valence electrons. The number of aromatic nitrogens is 2. The molecule has 0 aliphatic carbocycles. The molecule has 3 aromatic rings. The number of nitriles is 1. The van der Waals surface area contributed by atoms with E-state index in [9.17, 15) is 4.79 Å². The molecule has 3 rings (SSSR count). The van der Waals surface area contributed by atoms with E-state index in [0.717, 1.165) is 16.5 Å². The first-order chi connectivity index (χ1) is 11.7. The maximum absolute atomic E-state index is 12.8. The summed E-state index contributed by atoms with van der Waals surface area (Å²) in [6.07, 6.45) is 3.73. The molecule has 2 heterocycles. The summed E-state index contributed by atoms with van der Waals surface area (Å²) in [7, 11) is 1.71. The Labute approximate surface area is 140 Å². The van der Waals surface area contributed by atoms with Crippen molar-refractivity contribution >= 4 is 16.8 Å². The lowest BCUT2D eigenvalue weighted by Gasteiger charge is -2.17. The largest absolute Gasteiger partial charge is 0.341 e. The van der Waals surface area contributed by atoms with Crippen LogP contribution in [0.3, 0.4) is 0 Å². The van der Waals surface area contributed by atoms with Gasteiger partial charge in [0.05, 0.1) is 29.3 Å². The molecule has 0 fully saturated rings. The molecule has 0 atom stereocenters. The average Bonchev–Trinajstić information content (AvgIpc) is 2.65. The molecule has 0 saturated heterocycles. The Balaban J connectivity index is 2.12. The van der Waals surface area contributed by atoms with Gasteiger partial charge in [-0.25, -0.2) is 4.98 Å². The van der Waals surface area contributed by atoms with Crippen LogP contribution < -0.4 is 0 Å². The van der Waals surface area contributed by atoms with Crippen LogP contribution in [-0.2, 0) is 0 Å². The lowest BCUT2D eigenvalue weighted by Crippen LogP contribution is -2.27. The molecule has 24 heavy (non-hydrogen) atoms. The zero-order chi connectivity index (χ0) is 16.9. The van der Waals surface area contributed by atoms with E-state index in [1.165, 1.54) is 0 Å². The van der Waals surface area contributed by atoms with Crippen LogP contribution in [0.1, 0.15) is 16.8 Å². The van der Waals surface area contributed by atoms with Crippen LogP contribution in [-0.4, -0.2) is 34.4 Å². The first-order valence-electron chi connectivity index (χ1n) is 7.63. The molecule has 0 unspecified atom stereocenters. The van der Waals surface area contributed by atoms with Crippen LogP contribution in [0, 0.1) is 11.3 Å². The summed E-state index contributed by atoms with van der Waals surface area (Å²) in [6.45, 7) is 0.397. The van der Waals surface area contributed by atoms with Crippen molar-refractivity contribution in [1.82, 2.24) is 14.9 Å². The van der Waals surface area contributed by atoms with E-state index in [2.05, 4.69) is 16.0 Å². The maximum Gasteiger partial charge on any atom is 0.254 e. The van der Waals surface area contributed by atoms with Gasteiger partial charge in [0.15, 0.2) is 0 Å². The smallest absolute Gasteiger partial charge is 0.254 e. The molecular formula is C19H16N4O. The highest BCUT2D eigenvalue weighted by molar-refractivity contribution is 6.07. The number of fused-ring (bicyclic) bond motifs is 1. The topological polar surface area (TPSA) is 69.9 Å². The molecular weight excluding hydrogens is 300 g/mol. The van der Waals surface area contributed by atoms with Crippen molar-refractivity contribution < 1.29 is 4.79 Å².